The Kier molecular flexibility index (Phi) is 6.87. The van der Waals surface area contributed by atoms with E-state index in [1.165, 1.54) is 0 Å². The molecule has 0 aromatic heterocycles. The molecular formula is C15H24N2O3. The standard InChI is InChI=1S/C15H24N2O3/c1-5-19-13-8-7-12(11-14(13)20-6-2)15(18)16-9-10-17(3)4/h7-8,11H,5-6,9-10H2,1-4H3,(H,16,18). The summed E-state index contributed by atoms with van der Waals surface area (Å²) in [5.41, 5.74) is 0.579. The molecule has 112 valence electrons. The summed E-state index contributed by atoms with van der Waals surface area (Å²) in [4.78, 5) is 14.0. The van der Waals surface area contributed by atoms with Gasteiger partial charge in [-0.1, -0.05) is 0 Å². The highest BCUT2D eigenvalue weighted by Gasteiger charge is 2.11. The number of amides is 1. The molecule has 0 unspecified atom stereocenters. The van der Waals surface area contributed by atoms with Crippen LogP contribution in [0.25, 0.3) is 0 Å². The van der Waals surface area contributed by atoms with E-state index in [1.54, 1.807) is 18.2 Å². The Labute approximate surface area is 120 Å². The molecular weight excluding hydrogens is 256 g/mol. The Hall–Kier alpha value is -1.75. The van der Waals surface area contributed by atoms with Crippen LogP contribution in [0.3, 0.4) is 0 Å². The van der Waals surface area contributed by atoms with Crippen LogP contribution in [0, 0.1) is 0 Å². The van der Waals surface area contributed by atoms with Gasteiger partial charge >= 0.3 is 0 Å². The van der Waals surface area contributed by atoms with Gasteiger partial charge < -0.3 is 19.7 Å². The van der Waals surface area contributed by atoms with Crippen LogP contribution in [0.15, 0.2) is 18.2 Å². The van der Waals surface area contributed by atoms with Gasteiger partial charge in [0, 0.05) is 18.7 Å². The molecule has 0 fully saturated rings. The summed E-state index contributed by atoms with van der Waals surface area (Å²) in [5.74, 6) is 1.17. The van der Waals surface area contributed by atoms with Crippen molar-refractivity contribution in [1.29, 1.82) is 0 Å². The van der Waals surface area contributed by atoms with Crippen LogP contribution in [-0.2, 0) is 0 Å². The number of carbonyl (C=O) groups is 1. The molecule has 1 N–H and O–H groups in total. The fraction of sp³-hybridized carbons (Fsp3) is 0.533. The van der Waals surface area contributed by atoms with Crippen molar-refractivity contribution in [2.45, 2.75) is 13.8 Å². The van der Waals surface area contributed by atoms with Gasteiger partial charge in [0.25, 0.3) is 5.91 Å². The zero-order chi connectivity index (χ0) is 15.0. The molecule has 1 aromatic rings. The van der Waals surface area contributed by atoms with Crippen LogP contribution in [-0.4, -0.2) is 51.2 Å². The van der Waals surface area contributed by atoms with E-state index < -0.39 is 0 Å². The van der Waals surface area contributed by atoms with E-state index in [1.807, 2.05) is 32.8 Å². The number of carbonyl (C=O) groups excluding carboxylic acids is 1. The van der Waals surface area contributed by atoms with E-state index in [2.05, 4.69) is 5.32 Å². The summed E-state index contributed by atoms with van der Waals surface area (Å²) in [6, 6.07) is 5.24. The SMILES string of the molecule is CCOc1ccc(C(=O)NCCN(C)C)cc1OCC. The average molecular weight is 280 g/mol. The Morgan fingerprint density at radius 3 is 2.40 bits per heavy atom. The molecule has 1 aromatic carbocycles. The maximum atomic E-state index is 12.0. The predicted octanol–water partition coefficient (Wildman–Crippen LogP) is 1.78. The minimum atomic E-state index is -0.101. The van der Waals surface area contributed by atoms with Gasteiger partial charge in [0.05, 0.1) is 13.2 Å². The quantitative estimate of drug-likeness (QED) is 0.788. The Morgan fingerprint density at radius 2 is 1.80 bits per heavy atom. The van der Waals surface area contributed by atoms with E-state index in [0.717, 1.165) is 6.54 Å². The van der Waals surface area contributed by atoms with Crippen LogP contribution < -0.4 is 14.8 Å². The van der Waals surface area contributed by atoms with E-state index >= 15 is 0 Å². The van der Waals surface area contributed by atoms with Gasteiger partial charge in [0.1, 0.15) is 0 Å². The molecule has 0 heterocycles. The summed E-state index contributed by atoms with van der Waals surface area (Å²) in [6.07, 6.45) is 0. The summed E-state index contributed by atoms with van der Waals surface area (Å²) in [6.45, 7) is 6.33. The molecule has 0 spiro atoms. The molecule has 5 nitrogen and oxygen atoms in total. The largest absolute Gasteiger partial charge is 0.490 e. The molecule has 0 saturated heterocycles. The molecule has 0 saturated carbocycles. The highest BCUT2D eigenvalue weighted by molar-refractivity contribution is 5.94. The normalized spacial score (nSPS) is 10.4. The van der Waals surface area contributed by atoms with Crippen LogP contribution in [0.2, 0.25) is 0 Å². The molecule has 0 aliphatic heterocycles. The predicted molar refractivity (Wildman–Crippen MR) is 79.7 cm³/mol. The van der Waals surface area contributed by atoms with Gasteiger partial charge in [-0.25, -0.2) is 0 Å². The number of benzene rings is 1. The van der Waals surface area contributed by atoms with Crippen molar-refractivity contribution in [3.05, 3.63) is 23.8 Å². The lowest BCUT2D eigenvalue weighted by atomic mass is 10.2. The molecule has 20 heavy (non-hydrogen) atoms. The summed E-state index contributed by atoms with van der Waals surface area (Å²) >= 11 is 0. The molecule has 0 bridgehead atoms. The van der Waals surface area contributed by atoms with Gasteiger partial charge in [-0.15, -0.1) is 0 Å². The molecule has 0 aliphatic carbocycles. The van der Waals surface area contributed by atoms with Crippen molar-refractivity contribution >= 4 is 5.91 Å². The van der Waals surface area contributed by atoms with Crippen molar-refractivity contribution in [2.24, 2.45) is 0 Å². The van der Waals surface area contributed by atoms with Crippen LogP contribution in [0.1, 0.15) is 24.2 Å². The topological polar surface area (TPSA) is 50.8 Å². The van der Waals surface area contributed by atoms with E-state index in [4.69, 9.17) is 9.47 Å². The van der Waals surface area contributed by atoms with Gasteiger partial charge in [-0.3, -0.25) is 4.79 Å². The number of rotatable bonds is 8. The van der Waals surface area contributed by atoms with E-state index in [9.17, 15) is 4.79 Å². The first-order valence-electron chi connectivity index (χ1n) is 6.91. The van der Waals surface area contributed by atoms with Crippen molar-refractivity contribution in [3.63, 3.8) is 0 Å². The first kappa shape index (κ1) is 16.3. The number of ether oxygens (including phenoxy) is 2. The lowest BCUT2D eigenvalue weighted by molar-refractivity contribution is 0.0950. The van der Waals surface area contributed by atoms with Gasteiger partial charge in [-0.05, 0) is 46.1 Å². The third kappa shape index (κ3) is 5.09. The second-order valence-electron chi connectivity index (χ2n) is 4.59. The average Bonchev–Trinajstić information content (AvgIpc) is 2.40. The third-order valence-corrected chi connectivity index (χ3v) is 2.65. The fourth-order valence-electron chi connectivity index (χ4n) is 1.69. The van der Waals surface area contributed by atoms with Gasteiger partial charge in [-0.2, -0.15) is 0 Å². The first-order valence-corrected chi connectivity index (χ1v) is 6.91. The maximum Gasteiger partial charge on any atom is 0.251 e. The third-order valence-electron chi connectivity index (χ3n) is 2.65. The second-order valence-corrected chi connectivity index (χ2v) is 4.59. The molecule has 0 aliphatic rings. The monoisotopic (exact) mass is 280 g/mol. The highest BCUT2D eigenvalue weighted by Crippen LogP contribution is 2.28. The summed E-state index contributed by atoms with van der Waals surface area (Å²) < 4.78 is 11.0. The Balaban J connectivity index is 2.74. The van der Waals surface area contributed by atoms with Gasteiger partial charge in [0.15, 0.2) is 11.5 Å². The van der Waals surface area contributed by atoms with E-state index in [0.29, 0.717) is 36.8 Å². The first-order chi connectivity index (χ1) is 9.58. The van der Waals surface area contributed by atoms with Crippen molar-refractivity contribution < 1.29 is 14.3 Å². The van der Waals surface area contributed by atoms with Crippen molar-refractivity contribution in [3.8, 4) is 11.5 Å². The number of nitrogens with one attached hydrogen (secondary N) is 1. The zero-order valence-electron chi connectivity index (χ0n) is 12.7. The minimum Gasteiger partial charge on any atom is -0.490 e. The van der Waals surface area contributed by atoms with Crippen LogP contribution in [0.5, 0.6) is 11.5 Å². The lowest BCUT2D eigenvalue weighted by Gasteiger charge is -2.13. The molecule has 1 amide bonds. The number of likely N-dealkylation sites (N-methyl/N-ethyl adjacent to an activating group) is 1. The number of hydrogen-bond donors (Lipinski definition) is 1. The van der Waals surface area contributed by atoms with Crippen LogP contribution in [0.4, 0.5) is 0 Å². The van der Waals surface area contributed by atoms with Crippen molar-refractivity contribution in [1.82, 2.24) is 10.2 Å². The maximum absolute atomic E-state index is 12.0. The number of hydrogen-bond acceptors (Lipinski definition) is 4. The Morgan fingerprint density at radius 1 is 1.15 bits per heavy atom. The molecule has 0 radical (unpaired) electrons. The summed E-state index contributed by atoms with van der Waals surface area (Å²) in [7, 11) is 3.94. The minimum absolute atomic E-state index is 0.101. The van der Waals surface area contributed by atoms with Crippen LogP contribution >= 0.6 is 0 Å². The fourth-order valence-corrected chi connectivity index (χ4v) is 1.69. The van der Waals surface area contributed by atoms with Gasteiger partial charge in [0.2, 0.25) is 0 Å². The Bertz CT molecular complexity index is 433. The lowest BCUT2D eigenvalue weighted by Crippen LogP contribution is -2.31. The molecule has 5 heteroatoms. The number of nitrogens with zero attached hydrogens (tertiary/aromatic N) is 1. The van der Waals surface area contributed by atoms with Crippen molar-refractivity contribution in [2.75, 3.05) is 40.4 Å². The zero-order valence-corrected chi connectivity index (χ0v) is 12.7. The van der Waals surface area contributed by atoms with E-state index in [-0.39, 0.29) is 5.91 Å². The highest BCUT2D eigenvalue weighted by atomic mass is 16.5. The smallest absolute Gasteiger partial charge is 0.251 e. The molecule has 1 rings (SSSR count). The molecule has 0 atom stereocenters. The second kappa shape index (κ2) is 8.43. The summed E-state index contributed by atoms with van der Waals surface area (Å²) in [5, 5.41) is 2.87.